The molecule has 1 aliphatic heterocycles. The van der Waals surface area contributed by atoms with E-state index in [1.807, 2.05) is 6.07 Å². The van der Waals surface area contributed by atoms with Crippen LogP contribution in [0, 0.1) is 21.8 Å². The lowest BCUT2D eigenvalue weighted by Crippen LogP contribution is -2.38. The molecule has 3 rings (SSSR count). The van der Waals surface area contributed by atoms with E-state index in [1.165, 1.54) is 24.3 Å². The molecule has 0 bridgehead atoms. The molecule has 0 saturated carbocycles. The molecule has 2 aromatic carbocycles. The summed E-state index contributed by atoms with van der Waals surface area (Å²) in [5, 5.41) is 11.0. The number of nitrogen functional groups attached to an aromatic ring is 1. The SMILES string of the molecule is Nc1ccc(C(=O)N2CCC(Cc3cccc(F)c3)CC2)cc1[N+](=O)[O-]. The first-order chi connectivity index (χ1) is 12.4. The highest BCUT2D eigenvalue weighted by Crippen LogP contribution is 2.26. The van der Waals surface area contributed by atoms with Crippen molar-refractivity contribution in [3.05, 3.63) is 69.5 Å². The monoisotopic (exact) mass is 357 g/mol. The van der Waals surface area contributed by atoms with Crippen LogP contribution in [0.1, 0.15) is 28.8 Å². The van der Waals surface area contributed by atoms with Crippen LogP contribution < -0.4 is 5.73 Å². The first kappa shape index (κ1) is 17.8. The molecule has 0 aliphatic carbocycles. The van der Waals surface area contributed by atoms with Crippen molar-refractivity contribution in [2.75, 3.05) is 18.8 Å². The largest absolute Gasteiger partial charge is 0.393 e. The highest BCUT2D eigenvalue weighted by atomic mass is 19.1. The van der Waals surface area contributed by atoms with Gasteiger partial charge in [0.25, 0.3) is 11.6 Å². The quantitative estimate of drug-likeness (QED) is 0.516. The number of rotatable bonds is 4. The third kappa shape index (κ3) is 3.99. The molecule has 0 aromatic heterocycles. The summed E-state index contributed by atoms with van der Waals surface area (Å²) in [4.78, 5) is 24.7. The van der Waals surface area contributed by atoms with E-state index in [4.69, 9.17) is 5.73 Å². The van der Waals surface area contributed by atoms with Gasteiger partial charge in [-0.15, -0.1) is 0 Å². The van der Waals surface area contributed by atoms with Crippen LogP contribution >= 0.6 is 0 Å². The number of hydrogen-bond donors (Lipinski definition) is 1. The molecule has 1 saturated heterocycles. The lowest BCUT2D eigenvalue weighted by atomic mass is 9.90. The molecule has 1 amide bonds. The smallest absolute Gasteiger partial charge is 0.292 e. The average molecular weight is 357 g/mol. The molecule has 1 aliphatic rings. The van der Waals surface area contributed by atoms with Crippen molar-refractivity contribution in [2.45, 2.75) is 19.3 Å². The Labute approximate surface area is 150 Å². The van der Waals surface area contributed by atoms with Crippen LogP contribution in [0.5, 0.6) is 0 Å². The van der Waals surface area contributed by atoms with E-state index < -0.39 is 4.92 Å². The van der Waals surface area contributed by atoms with Crippen molar-refractivity contribution in [3.8, 4) is 0 Å². The summed E-state index contributed by atoms with van der Waals surface area (Å²) in [5.74, 6) is -0.0704. The predicted octanol–water partition coefficient (Wildman–Crippen LogP) is 3.41. The van der Waals surface area contributed by atoms with Crippen LogP contribution in [0.4, 0.5) is 15.8 Å². The van der Waals surface area contributed by atoms with Gasteiger partial charge in [0.05, 0.1) is 4.92 Å². The fourth-order valence-electron chi connectivity index (χ4n) is 3.35. The minimum Gasteiger partial charge on any atom is -0.393 e. The number of nitrogens with two attached hydrogens (primary N) is 1. The average Bonchev–Trinajstić information content (AvgIpc) is 2.62. The zero-order valence-corrected chi connectivity index (χ0v) is 14.2. The lowest BCUT2D eigenvalue weighted by molar-refractivity contribution is -0.383. The zero-order chi connectivity index (χ0) is 18.7. The number of nitro benzene ring substituents is 1. The number of nitrogens with zero attached hydrogens (tertiary/aromatic N) is 2. The van der Waals surface area contributed by atoms with Crippen LogP contribution in [0.3, 0.4) is 0 Å². The van der Waals surface area contributed by atoms with E-state index in [0.717, 1.165) is 24.8 Å². The third-order valence-electron chi connectivity index (χ3n) is 4.79. The summed E-state index contributed by atoms with van der Waals surface area (Å²) in [6.45, 7) is 1.16. The van der Waals surface area contributed by atoms with Gasteiger partial charge in [-0.2, -0.15) is 0 Å². The van der Waals surface area contributed by atoms with E-state index in [1.54, 1.807) is 17.0 Å². The number of piperidine rings is 1. The molecule has 0 unspecified atom stereocenters. The maximum atomic E-state index is 13.3. The maximum absolute atomic E-state index is 13.3. The van der Waals surface area contributed by atoms with E-state index in [2.05, 4.69) is 0 Å². The second-order valence-electron chi connectivity index (χ2n) is 6.60. The molecule has 0 spiro atoms. The van der Waals surface area contributed by atoms with Crippen LogP contribution in [0.15, 0.2) is 42.5 Å². The summed E-state index contributed by atoms with van der Waals surface area (Å²) < 4.78 is 13.3. The van der Waals surface area contributed by atoms with E-state index in [9.17, 15) is 19.3 Å². The molecular formula is C19H20FN3O3. The highest BCUT2D eigenvalue weighted by molar-refractivity contribution is 5.95. The number of halogens is 1. The summed E-state index contributed by atoms with van der Waals surface area (Å²) in [5.41, 5.74) is 6.60. The van der Waals surface area contributed by atoms with E-state index in [0.29, 0.717) is 19.0 Å². The van der Waals surface area contributed by atoms with Crippen molar-refractivity contribution in [1.82, 2.24) is 4.90 Å². The van der Waals surface area contributed by atoms with Crippen molar-refractivity contribution in [2.24, 2.45) is 5.92 Å². The predicted molar refractivity (Wildman–Crippen MR) is 96.2 cm³/mol. The number of likely N-dealkylation sites (tertiary alicyclic amines) is 1. The standard InChI is InChI=1S/C19H20FN3O3/c20-16-3-1-2-14(11-16)10-13-6-8-22(9-7-13)19(24)15-4-5-17(21)18(12-15)23(25)26/h1-5,11-13H,6-10,21H2. The van der Waals surface area contributed by atoms with Gasteiger partial charge in [0.2, 0.25) is 0 Å². The van der Waals surface area contributed by atoms with Gasteiger partial charge in [-0.3, -0.25) is 14.9 Å². The second-order valence-corrected chi connectivity index (χ2v) is 6.60. The molecule has 1 fully saturated rings. The number of nitro groups is 1. The Morgan fingerprint density at radius 2 is 1.96 bits per heavy atom. The van der Waals surface area contributed by atoms with Gasteiger partial charge < -0.3 is 10.6 Å². The fourth-order valence-corrected chi connectivity index (χ4v) is 3.35. The summed E-state index contributed by atoms with van der Waals surface area (Å²) in [6.07, 6.45) is 2.42. The van der Waals surface area contributed by atoms with Crippen molar-refractivity contribution in [3.63, 3.8) is 0 Å². The Balaban J connectivity index is 1.62. The van der Waals surface area contributed by atoms with Gasteiger partial charge in [0.15, 0.2) is 0 Å². The number of carbonyl (C=O) groups is 1. The first-order valence-electron chi connectivity index (χ1n) is 8.51. The van der Waals surface area contributed by atoms with Crippen LogP contribution in [0.25, 0.3) is 0 Å². The second kappa shape index (κ2) is 7.51. The van der Waals surface area contributed by atoms with Crippen molar-refractivity contribution in [1.29, 1.82) is 0 Å². The van der Waals surface area contributed by atoms with Gasteiger partial charge in [-0.25, -0.2) is 4.39 Å². The van der Waals surface area contributed by atoms with Gasteiger partial charge >= 0.3 is 0 Å². The molecule has 7 heteroatoms. The number of carbonyl (C=O) groups excluding carboxylic acids is 1. The Morgan fingerprint density at radius 3 is 2.62 bits per heavy atom. The molecule has 0 atom stereocenters. The number of amides is 1. The fraction of sp³-hybridized carbons (Fsp3) is 0.316. The number of anilines is 1. The summed E-state index contributed by atoms with van der Waals surface area (Å²) in [6, 6.07) is 10.7. The molecule has 2 N–H and O–H groups in total. The number of hydrogen-bond acceptors (Lipinski definition) is 4. The van der Waals surface area contributed by atoms with Gasteiger partial charge in [0.1, 0.15) is 11.5 Å². The van der Waals surface area contributed by atoms with Crippen LogP contribution in [-0.2, 0) is 6.42 Å². The van der Waals surface area contributed by atoms with E-state index in [-0.39, 0.29) is 28.7 Å². The lowest BCUT2D eigenvalue weighted by Gasteiger charge is -2.32. The Hall–Kier alpha value is -2.96. The molecule has 1 heterocycles. The Kier molecular flexibility index (Phi) is 5.16. The highest BCUT2D eigenvalue weighted by Gasteiger charge is 2.25. The summed E-state index contributed by atoms with van der Waals surface area (Å²) in [7, 11) is 0. The normalized spacial score (nSPS) is 15.0. The van der Waals surface area contributed by atoms with Gasteiger partial charge in [0, 0.05) is 24.7 Å². The van der Waals surface area contributed by atoms with Crippen molar-refractivity contribution < 1.29 is 14.1 Å². The van der Waals surface area contributed by atoms with Gasteiger partial charge in [-0.1, -0.05) is 12.1 Å². The zero-order valence-electron chi connectivity index (χ0n) is 14.2. The minimum absolute atomic E-state index is 0.0420. The summed E-state index contributed by atoms with van der Waals surface area (Å²) >= 11 is 0. The van der Waals surface area contributed by atoms with Gasteiger partial charge in [-0.05, 0) is 55.0 Å². The molecule has 2 aromatic rings. The molecule has 0 radical (unpaired) electrons. The molecule has 136 valence electrons. The topological polar surface area (TPSA) is 89.5 Å². The Bertz CT molecular complexity index is 833. The Morgan fingerprint density at radius 1 is 1.23 bits per heavy atom. The first-order valence-corrected chi connectivity index (χ1v) is 8.51. The molecule has 26 heavy (non-hydrogen) atoms. The van der Waals surface area contributed by atoms with Crippen LogP contribution in [-0.4, -0.2) is 28.8 Å². The minimum atomic E-state index is -0.586. The molecular weight excluding hydrogens is 337 g/mol. The third-order valence-corrected chi connectivity index (χ3v) is 4.79. The molecule has 6 nitrogen and oxygen atoms in total. The van der Waals surface area contributed by atoms with E-state index >= 15 is 0 Å². The maximum Gasteiger partial charge on any atom is 0.292 e. The van der Waals surface area contributed by atoms with Crippen LogP contribution in [0.2, 0.25) is 0 Å². The van der Waals surface area contributed by atoms with Crippen molar-refractivity contribution >= 4 is 17.3 Å². The number of benzene rings is 2.